The second kappa shape index (κ2) is 18.9. The van der Waals surface area contributed by atoms with E-state index in [0.717, 1.165) is 18.5 Å². The van der Waals surface area contributed by atoms with Crippen LogP contribution in [-0.4, -0.2) is 5.97 Å². The summed E-state index contributed by atoms with van der Waals surface area (Å²) < 4.78 is 5.54. The number of benzene rings is 3. The molecule has 0 bridgehead atoms. The fraction of sp³-hybridized carbons (Fsp3) is 0.472. The van der Waals surface area contributed by atoms with Crippen LogP contribution in [0, 0.1) is 0 Å². The fourth-order valence-corrected chi connectivity index (χ4v) is 4.79. The van der Waals surface area contributed by atoms with Crippen LogP contribution in [0.1, 0.15) is 119 Å². The van der Waals surface area contributed by atoms with E-state index in [0.29, 0.717) is 17.0 Å². The maximum absolute atomic E-state index is 12.5. The second-order valence-corrected chi connectivity index (χ2v) is 10.8. The third-order valence-electron chi connectivity index (χ3n) is 7.34. The molecule has 214 valence electrons. The summed E-state index contributed by atoms with van der Waals surface area (Å²) in [6.45, 7) is 4.47. The molecule has 40 heavy (non-hydrogen) atoms. The summed E-state index contributed by atoms with van der Waals surface area (Å²) in [7, 11) is 0. The van der Waals surface area contributed by atoms with Crippen LogP contribution in [0.3, 0.4) is 0 Å². The number of hydrogen-bond donors (Lipinski definition) is 0. The van der Waals surface area contributed by atoms with Crippen LogP contribution >= 0.6 is 0 Å². The van der Waals surface area contributed by atoms with Gasteiger partial charge in [0, 0.05) is 0 Å². The number of azo groups is 1. The van der Waals surface area contributed by atoms with Gasteiger partial charge in [0.1, 0.15) is 5.75 Å². The van der Waals surface area contributed by atoms with Gasteiger partial charge in [-0.15, -0.1) is 0 Å². The van der Waals surface area contributed by atoms with Crippen molar-refractivity contribution in [3.63, 3.8) is 0 Å². The van der Waals surface area contributed by atoms with Crippen LogP contribution in [0.5, 0.6) is 5.75 Å². The van der Waals surface area contributed by atoms with Gasteiger partial charge in [0.15, 0.2) is 0 Å². The van der Waals surface area contributed by atoms with Crippen LogP contribution in [0.4, 0.5) is 11.4 Å². The van der Waals surface area contributed by atoms with Crippen molar-refractivity contribution in [3.8, 4) is 5.75 Å². The Hall–Kier alpha value is -3.27. The number of hydrogen-bond acceptors (Lipinski definition) is 4. The molecule has 3 aromatic rings. The number of carbonyl (C=O) groups excluding carboxylic acids is 1. The van der Waals surface area contributed by atoms with Gasteiger partial charge >= 0.3 is 5.97 Å². The molecule has 0 radical (unpaired) electrons. The molecule has 0 amide bonds. The zero-order valence-electron chi connectivity index (χ0n) is 24.7. The highest BCUT2D eigenvalue weighted by atomic mass is 16.5. The van der Waals surface area contributed by atoms with Gasteiger partial charge in [-0.3, -0.25) is 0 Å². The molecular formula is C36H48N2O2. The predicted octanol–water partition coefficient (Wildman–Crippen LogP) is 11.5. The van der Waals surface area contributed by atoms with Crippen LogP contribution in [0.2, 0.25) is 0 Å². The summed E-state index contributed by atoms with van der Waals surface area (Å²) >= 11 is 0. The summed E-state index contributed by atoms with van der Waals surface area (Å²) in [4.78, 5) is 12.5. The fourth-order valence-electron chi connectivity index (χ4n) is 4.79. The van der Waals surface area contributed by atoms with E-state index in [1.54, 1.807) is 12.1 Å². The first-order valence-electron chi connectivity index (χ1n) is 15.6. The van der Waals surface area contributed by atoms with Crippen molar-refractivity contribution in [2.24, 2.45) is 10.2 Å². The molecule has 0 saturated carbocycles. The monoisotopic (exact) mass is 540 g/mol. The zero-order valence-corrected chi connectivity index (χ0v) is 24.7. The molecule has 4 nitrogen and oxygen atoms in total. The van der Waals surface area contributed by atoms with Gasteiger partial charge in [-0.2, -0.15) is 10.2 Å². The van der Waals surface area contributed by atoms with E-state index >= 15 is 0 Å². The molecule has 0 aliphatic rings. The molecule has 0 saturated heterocycles. The van der Waals surface area contributed by atoms with Crippen molar-refractivity contribution < 1.29 is 9.53 Å². The Morgan fingerprint density at radius 2 is 0.925 bits per heavy atom. The normalized spacial score (nSPS) is 11.2. The van der Waals surface area contributed by atoms with E-state index in [-0.39, 0.29) is 5.97 Å². The third kappa shape index (κ3) is 12.3. The lowest BCUT2D eigenvalue weighted by atomic mass is 10.0. The molecular weight excluding hydrogens is 492 g/mol. The maximum Gasteiger partial charge on any atom is 0.343 e. The van der Waals surface area contributed by atoms with Crippen LogP contribution in [0.25, 0.3) is 0 Å². The van der Waals surface area contributed by atoms with Crippen molar-refractivity contribution in [1.29, 1.82) is 0 Å². The largest absolute Gasteiger partial charge is 0.423 e. The number of esters is 1. The SMILES string of the molecule is CCCCCCCCCCCCc1ccc(N=Nc2ccc(OC(=O)c3ccc(CCCCC)cc3)cc2)cc1. The highest BCUT2D eigenvalue weighted by Crippen LogP contribution is 2.23. The predicted molar refractivity (Wildman–Crippen MR) is 167 cm³/mol. The third-order valence-corrected chi connectivity index (χ3v) is 7.34. The van der Waals surface area contributed by atoms with Crippen LogP contribution < -0.4 is 4.74 Å². The molecule has 0 atom stereocenters. The Labute approximate surface area is 242 Å². The van der Waals surface area contributed by atoms with Gasteiger partial charge in [-0.25, -0.2) is 4.79 Å². The molecule has 3 aromatic carbocycles. The molecule has 0 N–H and O–H groups in total. The standard InChI is InChI=1S/C36H48N2O2/c1-3-5-7-8-9-10-11-12-13-15-17-31-20-24-33(25-21-31)37-38-34-26-28-35(29-27-34)40-36(39)32-22-18-30(19-23-32)16-14-6-4-2/h18-29H,3-17H2,1-2H3. The number of carbonyl (C=O) groups is 1. The Morgan fingerprint density at radius 1 is 0.525 bits per heavy atom. The van der Waals surface area contributed by atoms with Crippen molar-refractivity contribution >= 4 is 17.3 Å². The maximum atomic E-state index is 12.5. The van der Waals surface area contributed by atoms with E-state index in [9.17, 15) is 4.79 Å². The van der Waals surface area contributed by atoms with Crippen LogP contribution in [-0.2, 0) is 12.8 Å². The lowest BCUT2D eigenvalue weighted by Gasteiger charge is -2.06. The molecule has 4 heteroatoms. The zero-order chi connectivity index (χ0) is 28.3. The lowest BCUT2D eigenvalue weighted by Crippen LogP contribution is -2.08. The number of rotatable bonds is 19. The lowest BCUT2D eigenvalue weighted by molar-refractivity contribution is 0.0734. The first kappa shape index (κ1) is 31.3. The summed E-state index contributed by atoms with van der Waals surface area (Å²) in [5.41, 5.74) is 4.71. The highest BCUT2D eigenvalue weighted by molar-refractivity contribution is 5.91. The molecule has 0 heterocycles. The Balaban J connectivity index is 1.35. The molecule has 0 fully saturated rings. The molecule has 0 aromatic heterocycles. The summed E-state index contributed by atoms with van der Waals surface area (Å²) in [6.07, 6.45) is 19.4. The van der Waals surface area contributed by atoms with Gasteiger partial charge in [0.2, 0.25) is 0 Å². The number of ether oxygens (including phenoxy) is 1. The van der Waals surface area contributed by atoms with E-state index in [2.05, 4.69) is 36.2 Å². The highest BCUT2D eigenvalue weighted by Gasteiger charge is 2.09. The minimum atomic E-state index is -0.354. The molecule has 0 unspecified atom stereocenters. The van der Waals surface area contributed by atoms with Gasteiger partial charge in [0.25, 0.3) is 0 Å². The minimum Gasteiger partial charge on any atom is -0.423 e. The first-order valence-corrected chi connectivity index (χ1v) is 15.6. The molecule has 0 spiro atoms. The van der Waals surface area contributed by atoms with Crippen molar-refractivity contribution in [2.75, 3.05) is 0 Å². The molecule has 0 aliphatic carbocycles. The van der Waals surface area contributed by atoms with E-state index < -0.39 is 0 Å². The summed E-state index contributed by atoms with van der Waals surface area (Å²) in [5, 5.41) is 8.70. The average Bonchev–Trinajstić information content (AvgIpc) is 2.99. The Morgan fingerprint density at radius 3 is 1.45 bits per heavy atom. The smallest absolute Gasteiger partial charge is 0.343 e. The molecule has 0 aliphatic heterocycles. The number of aryl methyl sites for hydroxylation is 2. The van der Waals surface area contributed by atoms with Crippen LogP contribution in [0.15, 0.2) is 83.0 Å². The van der Waals surface area contributed by atoms with E-state index in [1.807, 2.05) is 48.5 Å². The Kier molecular flexibility index (Phi) is 14.8. The summed E-state index contributed by atoms with van der Waals surface area (Å²) in [5.74, 6) is 0.139. The van der Waals surface area contributed by atoms with Crippen molar-refractivity contribution in [2.45, 2.75) is 110 Å². The number of unbranched alkanes of at least 4 members (excludes halogenated alkanes) is 11. The van der Waals surface area contributed by atoms with Gasteiger partial charge in [0.05, 0.1) is 16.9 Å². The Bertz CT molecular complexity index is 1120. The van der Waals surface area contributed by atoms with E-state index in [4.69, 9.17) is 4.74 Å². The summed E-state index contributed by atoms with van der Waals surface area (Å²) in [6, 6.07) is 23.2. The van der Waals surface area contributed by atoms with Gasteiger partial charge in [-0.05, 0) is 85.3 Å². The van der Waals surface area contributed by atoms with E-state index in [1.165, 1.54) is 94.6 Å². The van der Waals surface area contributed by atoms with Gasteiger partial charge < -0.3 is 4.74 Å². The quantitative estimate of drug-likeness (QED) is 0.0657. The second-order valence-electron chi connectivity index (χ2n) is 10.8. The average molecular weight is 541 g/mol. The number of nitrogens with zero attached hydrogens (tertiary/aromatic N) is 2. The first-order chi connectivity index (χ1) is 19.7. The van der Waals surface area contributed by atoms with Gasteiger partial charge in [-0.1, -0.05) is 109 Å². The topological polar surface area (TPSA) is 51.0 Å². The minimum absolute atomic E-state index is 0.354. The van der Waals surface area contributed by atoms with Crippen molar-refractivity contribution in [1.82, 2.24) is 0 Å². The van der Waals surface area contributed by atoms with Crippen molar-refractivity contribution in [3.05, 3.63) is 89.5 Å². The molecule has 3 rings (SSSR count).